The van der Waals surface area contributed by atoms with Crippen molar-refractivity contribution in [2.45, 2.75) is 6.61 Å². The molecule has 0 unspecified atom stereocenters. The molecule has 2 aromatic heterocycles. The van der Waals surface area contributed by atoms with Crippen LogP contribution in [0.4, 0.5) is 0 Å². The van der Waals surface area contributed by atoms with Crippen LogP contribution in [0.25, 0.3) is 15.7 Å². The van der Waals surface area contributed by atoms with Crippen LogP contribution < -0.4 is 4.74 Å². The summed E-state index contributed by atoms with van der Waals surface area (Å²) >= 11 is 6.49. The lowest BCUT2D eigenvalue weighted by Gasteiger charge is -2.07. The van der Waals surface area contributed by atoms with E-state index in [1.165, 1.54) is 11.3 Å². The highest BCUT2D eigenvalue weighted by Gasteiger charge is 2.09. The molecule has 21 heavy (non-hydrogen) atoms. The molecule has 2 aromatic carbocycles. The van der Waals surface area contributed by atoms with Gasteiger partial charge >= 0.3 is 0 Å². The summed E-state index contributed by atoms with van der Waals surface area (Å²) in [6.45, 7) is 0.331. The van der Waals surface area contributed by atoms with Gasteiger partial charge in [0.1, 0.15) is 12.4 Å². The Morgan fingerprint density at radius 1 is 1.14 bits per heavy atom. The topological polar surface area (TPSA) is 55.2 Å². The summed E-state index contributed by atoms with van der Waals surface area (Å²) in [7, 11) is 0. The fourth-order valence-electron chi connectivity index (χ4n) is 2.23. The smallest absolute Gasteiger partial charge is 0.233 e. The molecule has 0 saturated heterocycles. The van der Waals surface area contributed by atoms with E-state index < -0.39 is 0 Å². The maximum atomic E-state index is 5.91. The number of fused-ring (bicyclic) bond motifs is 2. The van der Waals surface area contributed by atoms with Crippen molar-refractivity contribution < 1.29 is 4.74 Å². The molecule has 2 heterocycles. The summed E-state index contributed by atoms with van der Waals surface area (Å²) in [5, 5.41) is 13.4. The number of rotatable bonds is 3. The van der Waals surface area contributed by atoms with E-state index in [2.05, 4.69) is 27.4 Å². The molecular weight excluding hydrogens is 304 g/mol. The van der Waals surface area contributed by atoms with Crippen molar-refractivity contribution in [3.63, 3.8) is 0 Å². The molecule has 0 fully saturated rings. The van der Waals surface area contributed by atoms with Gasteiger partial charge in [-0.25, -0.2) is 4.52 Å². The first-order chi connectivity index (χ1) is 10.3. The van der Waals surface area contributed by atoms with Gasteiger partial charge < -0.3 is 4.74 Å². The monoisotopic (exact) mass is 314 g/mol. The van der Waals surface area contributed by atoms with E-state index in [4.69, 9.17) is 17.0 Å². The van der Waals surface area contributed by atoms with Gasteiger partial charge in [0.25, 0.3) is 0 Å². The van der Waals surface area contributed by atoms with E-state index in [1.54, 1.807) is 4.52 Å². The Morgan fingerprint density at radius 2 is 2.00 bits per heavy atom. The summed E-state index contributed by atoms with van der Waals surface area (Å²) < 4.78 is 8.34. The van der Waals surface area contributed by atoms with Gasteiger partial charge in [0, 0.05) is 5.39 Å². The van der Waals surface area contributed by atoms with Crippen molar-refractivity contribution >= 4 is 39.3 Å². The van der Waals surface area contributed by atoms with E-state index in [1.807, 2.05) is 30.3 Å². The van der Waals surface area contributed by atoms with Crippen LogP contribution in [0.1, 0.15) is 5.82 Å². The number of benzene rings is 2. The van der Waals surface area contributed by atoms with Gasteiger partial charge in [-0.3, -0.25) is 5.10 Å². The molecule has 104 valence electrons. The number of H-pyrrole nitrogens is 1. The molecule has 7 heteroatoms. The van der Waals surface area contributed by atoms with Crippen LogP contribution in [0.5, 0.6) is 5.75 Å². The first-order valence-electron chi connectivity index (χ1n) is 6.35. The molecule has 0 atom stereocenters. The normalized spacial score (nSPS) is 11.2. The highest BCUT2D eigenvalue weighted by molar-refractivity contribution is 7.73. The van der Waals surface area contributed by atoms with Crippen LogP contribution >= 0.6 is 23.6 Å². The average molecular weight is 314 g/mol. The van der Waals surface area contributed by atoms with Gasteiger partial charge in [-0.1, -0.05) is 47.7 Å². The molecule has 0 saturated carbocycles. The van der Waals surface area contributed by atoms with E-state index in [9.17, 15) is 0 Å². The lowest BCUT2D eigenvalue weighted by atomic mass is 10.1. The molecule has 0 bridgehead atoms. The van der Waals surface area contributed by atoms with E-state index in [0.29, 0.717) is 16.4 Å². The molecule has 0 radical (unpaired) electrons. The lowest BCUT2D eigenvalue weighted by Crippen LogP contribution is -2.02. The van der Waals surface area contributed by atoms with E-state index >= 15 is 0 Å². The van der Waals surface area contributed by atoms with E-state index in [0.717, 1.165) is 21.5 Å². The van der Waals surface area contributed by atoms with Gasteiger partial charge in [-0.15, -0.1) is 10.2 Å². The number of ether oxygens (including phenoxy) is 1. The second kappa shape index (κ2) is 4.94. The quantitative estimate of drug-likeness (QED) is 0.587. The summed E-state index contributed by atoms with van der Waals surface area (Å²) in [5.74, 6) is 1.53. The Labute approximate surface area is 128 Å². The van der Waals surface area contributed by atoms with Crippen LogP contribution in [0.3, 0.4) is 0 Å². The summed E-state index contributed by atoms with van der Waals surface area (Å²) in [4.78, 5) is 0.747. The van der Waals surface area contributed by atoms with Gasteiger partial charge in [0.05, 0.1) is 0 Å². The number of nitrogens with one attached hydrogen (secondary N) is 1. The molecule has 4 aromatic rings. The zero-order chi connectivity index (χ0) is 14.2. The predicted molar refractivity (Wildman–Crippen MR) is 84.3 cm³/mol. The fourth-order valence-corrected chi connectivity index (χ4v) is 3.17. The van der Waals surface area contributed by atoms with Crippen molar-refractivity contribution in [1.29, 1.82) is 0 Å². The second-order valence-corrected chi connectivity index (χ2v) is 6.15. The van der Waals surface area contributed by atoms with Gasteiger partial charge in [0.15, 0.2) is 9.78 Å². The Kier molecular flexibility index (Phi) is 2.94. The largest absolute Gasteiger partial charge is 0.485 e. The van der Waals surface area contributed by atoms with Crippen molar-refractivity contribution in [3.05, 3.63) is 52.2 Å². The van der Waals surface area contributed by atoms with Gasteiger partial charge in [-0.2, -0.15) is 0 Å². The van der Waals surface area contributed by atoms with E-state index in [-0.39, 0.29) is 0 Å². The first-order valence-corrected chi connectivity index (χ1v) is 7.57. The number of aromatic amines is 1. The first kappa shape index (κ1) is 12.5. The van der Waals surface area contributed by atoms with Crippen LogP contribution in [0.2, 0.25) is 0 Å². The lowest BCUT2D eigenvalue weighted by molar-refractivity contribution is 0.296. The van der Waals surface area contributed by atoms with Gasteiger partial charge in [0.2, 0.25) is 4.96 Å². The number of nitrogens with zero attached hydrogens (tertiary/aromatic N) is 3. The SMILES string of the molecule is S=c1[nH]n2c(COc3cccc4ccccc34)nnc2s1. The Balaban J connectivity index is 1.68. The fraction of sp³-hybridized carbons (Fsp3) is 0.0714. The summed E-state index contributed by atoms with van der Waals surface area (Å²) in [5.41, 5.74) is 0. The third kappa shape index (κ3) is 2.20. The third-order valence-electron chi connectivity index (χ3n) is 3.19. The molecule has 0 amide bonds. The van der Waals surface area contributed by atoms with Crippen molar-refractivity contribution in [3.8, 4) is 5.75 Å². The summed E-state index contributed by atoms with van der Waals surface area (Å²) in [6.07, 6.45) is 0. The molecule has 0 spiro atoms. The molecular formula is C14H10N4OS2. The number of hydrogen-bond donors (Lipinski definition) is 1. The standard InChI is InChI=1S/C14H10N4OS2/c20-14-17-18-12(15-16-13(18)21-14)8-19-11-7-3-5-9-4-1-2-6-10(9)11/h1-7H,8H2,(H,17,20). The van der Waals surface area contributed by atoms with Crippen molar-refractivity contribution in [2.75, 3.05) is 0 Å². The van der Waals surface area contributed by atoms with Crippen molar-refractivity contribution in [1.82, 2.24) is 19.8 Å². The average Bonchev–Trinajstić information content (AvgIpc) is 3.04. The molecule has 0 aliphatic carbocycles. The molecule has 1 N–H and O–H groups in total. The van der Waals surface area contributed by atoms with Gasteiger partial charge in [-0.05, 0) is 23.7 Å². The van der Waals surface area contributed by atoms with Crippen LogP contribution in [-0.4, -0.2) is 19.8 Å². The Hall–Kier alpha value is -2.25. The minimum atomic E-state index is 0.331. The number of hydrogen-bond acceptors (Lipinski definition) is 5. The van der Waals surface area contributed by atoms with Crippen molar-refractivity contribution in [2.24, 2.45) is 0 Å². The van der Waals surface area contributed by atoms with Crippen LogP contribution in [-0.2, 0) is 6.61 Å². The van der Waals surface area contributed by atoms with Crippen LogP contribution in [0, 0.1) is 3.95 Å². The Bertz CT molecular complexity index is 980. The maximum Gasteiger partial charge on any atom is 0.233 e. The number of aromatic nitrogens is 4. The minimum Gasteiger partial charge on any atom is -0.485 e. The highest BCUT2D eigenvalue weighted by Crippen LogP contribution is 2.25. The zero-order valence-electron chi connectivity index (χ0n) is 10.8. The molecule has 4 rings (SSSR count). The second-order valence-electron chi connectivity index (χ2n) is 4.50. The Morgan fingerprint density at radius 3 is 2.95 bits per heavy atom. The molecule has 5 nitrogen and oxygen atoms in total. The predicted octanol–water partition coefficient (Wildman–Crippen LogP) is 3.58. The highest BCUT2D eigenvalue weighted by atomic mass is 32.1. The minimum absolute atomic E-state index is 0.331. The van der Waals surface area contributed by atoms with Crippen LogP contribution in [0.15, 0.2) is 42.5 Å². The maximum absolute atomic E-state index is 5.91. The summed E-state index contributed by atoms with van der Waals surface area (Å²) in [6, 6.07) is 14.1. The molecule has 0 aliphatic rings. The molecule has 0 aliphatic heterocycles. The third-order valence-corrected chi connectivity index (χ3v) is 4.26. The zero-order valence-corrected chi connectivity index (χ0v) is 12.4.